The molecule has 2 nitrogen and oxygen atoms in total. The van der Waals surface area contributed by atoms with Crippen LogP contribution in [-0.4, -0.2) is 17.5 Å². The maximum atomic E-state index is 11.5. The first-order valence-electron chi connectivity index (χ1n) is 7.19. The number of carbonyl (C=O) groups is 1. The molecule has 2 aromatic rings. The van der Waals surface area contributed by atoms with E-state index in [2.05, 4.69) is 24.3 Å². The van der Waals surface area contributed by atoms with Crippen LogP contribution in [0.4, 0.5) is 0 Å². The van der Waals surface area contributed by atoms with Crippen molar-refractivity contribution in [2.24, 2.45) is 0 Å². The lowest BCUT2D eigenvalue weighted by atomic mass is 10.1. The van der Waals surface area contributed by atoms with Crippen LogP contribution in [0.3, 0.4) is 0 Å². The van der Waals surface area contributed by atoms with Gasteiger partial charge in [0.15, 0.2) is 4.90 Å². The number of ether oxygens (including phenoxy) is 1. The van der Waals surface area contributed by atoms with E-state index in [1.807, 2.05) is 19.1 Å². The van der Waals surface area contributed by atoms with Gasteiger partial charge in [-0.1, -0.05) is 25.1 Å². The standard InChI is InChI=1S/C17H19O2S/c1-2-17(18)19-15-9-10-16(20-11-5-6-12-20)14-8-4-3-7-13(14)15/h3-4,7-10H,2,5-6,11-12H2,1H3/q+1. The van der Waals surface area contributed by atoms with Gasteiger partial charge in [0.2, 0.25) is 0 Å². The fourth-order valence-corrected chi connectivity index (χ4v) is 5.15. The second-order valence-corrected chi connectivity index (χ2v) is 7.29. The van der Waals surface area contributed by atoms with Crippen LogP contribution in [0.25, 0.3) is 10.8 Å². The van der Waals surface area contributed by atoms with Crippen LogP contribution in [0.5, 0.6) is 5.75 Å². The Morgan fingerprint density at radius 3 is 2.50 bits per heavy atom. The molecule has 0 amide bonds. The first-order chi connectivity index (χ1) is 9.79. The number of esters is 1. The fourth-order valence-electron chi connectivity index (χ4n) is 2.65. The zero-order chi connectivity index (χ0) is 13.9. The van der Waals surface area contributed by atoms with Crippen LogP contribution in [0.2, 0.25) is 0 Å². The van der Waals surface area contributed by atoms with Gasteiger partial charge in [-0.3, -0.25) is 4.79 Å². The third kappa shape index (κ3) is 2.55. The first-order valence-corrected chi connectivity index (χ1v) is 8.76. The maximum Gasteiger partial charge on any atom is 0.310 e. The zero-order valence-corrected chi connectivity index (χ0v) is 12.5. The number of hydrogen-bond donors (Lipinski definition) is 0. The van der Waals surface area contributed by atoms with Crippen LogP contribution in [0, 0.1) is 0 Å². The average Bonchev–Trinajstić information content (AvgIpc) is 3.01. The minimum atomic E-state index is -0.175. The average molecular weight is 287 g/mol. The largest absolute Gasteiger partial charge is 0.426 e. The Bertz CT molecular complexity index is 630. The Labute approximate surface area is 122 Å². The molecule has 104 valence electrons. The third-order valence-electron chi connectivity index (χ3n) is 3.70. The van der Waals surface area contributed by atoms with Crippen LogP contribution in [-0.2, 0) is 15.7 Å². The molecule has 1 aliphatic rings. The third-order valence-corrected chi connectivity index (χ3v) is 6.24. The molecule has 1 fully saturated rings. The van der Waals surface area contributed by atoms with Gasteiger partial charge in [-0.2, -0.15) is 0 Å². The lowest BCUT2D eigenvalue weighted by Gasteiger charge is -2.10. The molecule has 0 radical (unpaired) electrons. The molecule has 1 aliphatic heterocycles. The van der Waals surface area contributed by atoms with E-state index in [1.165, 1.54) is 34.6 Å². The van der Waals surface area contributed by atoms with Crippen molar-refractivity contribution in [3.05, 3.63) is 36.4 Å². The summed E-state index contributed by atoms with van der Waals surface area (Å²) in [5, 5.41) is 2.31. The maximum absolute atomic E-state index is 11.5. The van der Waals surface area contributed by atoms with Gasteiger partial charge >= 0.3 is 5.97 Å². The number of hydrogen-bond acceptors (Lipinski definition) is 2. The van der Waals surface area contributed by atoms with Gasteiger partial charge in [0.25, 0.3) is 0 Å². The van der Waals surface area contributed by atoms with E-state index in [-0.39, 0.29) is 5.97 Å². The molecule has 0 spiro atoms. The molecule has 0 unspecified atom stereocenters. The minimum absolute atomic E-state index is 0.175. The summed E-state index contributed by atoms with van der Waals surface area (Å²) in [6.45, 7) is 1.82. The van der Waals surface area contributed by atoms with Crippen molar-refractivity contribution in [3.8, 4) is 5.75 Å². The van der Waals surface area contributed by atoms with Crippen molar-refractivity contribution in [3.63, 3.8) is 0 Å². The quantitative estimate of drug-likeness (QED) is 0.486. The Morgan fingerprint density at radius 1 is 1.10 bits per heavy atom. The summed E-state index contributed by atoms with van der Waals surface area (Å²) in [4.78, 5) is 13.0. The molecule has 2 aromatic carbocycles. The number of fused-ring (bicyclic) bond motifs is 1. The highest BCUT2D eigenvalue weighted by atomic mass is 32.2. The predicted molar refractivity (Wildman–Crippen MR) is 84.5 cm³/mol. The summed E-state index contributed by atoms with van der Waals surface area (Å²) in [5.41, 5.74) is 0. The van der Waals surface area contributed by atoms with Crippen LogP contribution >= 0.6 is 0 Å². The van der Waals surface area contributed by atoms with E-state index in [0.29, 0.717) is 23.1 Å². The van der Waals surface area contributed by atoms with Crippen molar-refractivity contribution in [1.82, 2.24) is 0 Å². The summed E-state index contributed by atoms with van der Waals surface area (Å²) in [7, 11) is 0.372. The minimum Gasteiger partial charge on any atom is -0.426 e. The number of rotatable bonds is 3. The molecule has 1 heterocycles. The van der Waals surface area contributed by atoms with Crippen molar-refractivity contribution in [2.45, 2.75) is 31.1 Å². The molecular formula is C17H19O2S+. The summed E-state index contributed by atoms with van der Waals surface area (Å²) >= 11 is 0. The van der Waals surface area contributed by atoms with Crippen LogP contribution < -0.4 is 4.74 Å². The second-order valence-electron chi connectivity index (χ2n) is 5.04. The van der Waals surface area contributed by atoms with Crippen LogP contribution in [0.15, 0.2) is 41.3 Å². The van der Waals surface area contributed by atoms with Gasteiger partial charge in [-0.05, 0) is 31.0 Å². The summed E-state index contributed by atoms with van der Waals surface area (Å²) in [6.07, 6.45) is 3.08. The molecule has 3 rings (SSSR count). The first kappa shape index (κ1) is 13.5. The highest BCUT2D eigenvalue weighted by Crippen LogP contribution is 2.34. The summed E-state index contributed by atoms with van der Waals surface area (Å²) in [5.74, 6) is 3.13. The molecule has 0 bridgehead atoms. The smallest absolute Gasteiger partial charge is 0.310 e. The zero-order valence-electron chi connectivity index (χ0n) is 11.7. The molecular weight excluding hydrogens is 268 g/mol. The predicted octanol–water partition coefficient (Wildman–Crippen LogP) is 3.93. The normalized spacial score (nSPS) is 15.7. The molecule has 0 aromatic heterocycles. The highest BCUT2D eigenvalue weighted by Gasteiger charge is 2.29. The van der Waals surface area contributed by atoms with E-state index in [4.69, 9.17) is 4.74 Å². The number of carbonyl (C=O) groups excluding carboxylic acids is 1. The van der Waals surface area contributed by atoms with E-state index in [0.717, 1.165) is 5.39 Å². The molecule has 0 saturated carbocycles. The Hall–Kier alpha value is -1.48. The molecule has 0 N–H and O–H groups in total. The van der Waals surface area contributed by atoms with Gasteiger partial charge < -0.3 is 4.74 Å². The molecule has 3 heteroatoms. The topological polar surface area (TPSA) is 26.3 Å². The van der Waals surface area contributed by atoms with E-state index in [9.17, 15) is 4.79 Å². The number of benzene rings is 2. The van der Waals surface area contributed by atoms with Crippen molar-refractivity contribution in [1.29, 1.82) is 0 Å². The van der Waals surface area contributed by atoms with Crippen molar-refractivity contribution >= 4 is 27.6 Å². The molecule has 20 heavy (non-hydrogen) atoms. The van der Waals surface area contributed by atoms with E-state index >= 15 is 0 Å². The van der Waals surface area contributed by atoms with Crippen LogP contribution in [0.1, 0.15) is 26.2 Å². The molecule has 0 atom stereocenters. The monoisotopic (exact) mass is 287 g/mol. The van der Waals surface area contributed by atoms with Gasteiger partial charge in [0.1, 0.15) is 17.3 Å². The summed E-state index contributed by atoms with van der Waals surface area (Å²) in [6, 6.07) is 12.4. The van der Waals surface area contributed by atoms with Gasteiger partial charge in [0.05, 0.1) is 0 Å². The van der Waals surface area contributed by atoms with Crippen molar-refractivity contribution < 1.29 is 9.53 Å². The second kappa shape index (κ2) is 5.88. The Morgan fingerprint density at radius 2 is 1.80 bits per heavy atom. The fraction of sp³-hybridized carbons (Fsp3) is 0.353. The van der Waals surface area contributed by atoms with Gasteiger partial charge in [-0.25, -0.2) is 0 Å². The van der Waals surface area contributed by atoms with E-state index in [1.54, 1.807) is 0 Å². The molecule has 1 saturated heterocycles. The highest BCUT2D eigenvalue weighted by molar-refractivity contribution is 7.97. The van der Waals surface area contributed by atoms with E-state index < -0.39 is 0 Å². The Kier molecular flexibility index (Phi) is 3.97. The SMILES string of the molecule is CCC(=O)Oc1ccc([S+]2CCCC2)c2ccccc12. The van der Waals surface area contributed by atoms with Gasteiger partial charge in [-0.15, -0.1) is 0 Å². The summed E-state index contributed by atoms with van der Waals surface area (Å²) < 4.78 is 5.46. The van der Waals surface area contributed by atoms with Crippen molar-refractivity contribution in [2.75, 3.05) is 11.5 Å². The lowest BCUT2D eigenvalue weighted by molar-refractivity contribution is -0.133. The Balaban J connectivity index is 2.07. The molecule has 0 aliphatic carbocycles. The van der Waals surface area contributed by atoms with Gasteiger partial charge in [0, 0.05) is 28.1 Å². The lowest BCUT2D eigenvalue weighted by Crippen LogP contribution is -2.08.